The molecular formula is C25H28N4O2. The molecular weight excluding hydrogens is 388 g/mol. The molecule has 0 aliphatic carbocycles. The minimum atomic E-state index is 0.243. The molecule has 2 unspecified atom stereocenters. The number of hydrazine groups is 1. The average Bonchev–Trinajstić information content (AvgIpc) is 3.44. The van der Waals surface area contributed by atoms with E-state index in [9.17, 15) is 0 Å². The van der Waals surface area contributed by atoms with Gasteiger partial charge in [-0.05, 0) is 48.9 Å². The molecule has 1 fully saturated rings. The Morgan fingerprint density at radius 3 is 2.61 bits per heavy atom. The van der Waals surface area contributed by atoms with Crippen LogP contribution in [0.1, 0.15) is 23.4 Å². The summed E-state index contributed by atoms with van der Waals surface area (Å²) in [6.45, 7) is 0.425. The van der Waals surface area contributed by atoms with E-state index in [4.69, 9.17) is 9.47 Å². The lowest BCUT2D eigenvalue weighted by atomic mass is 10.1. The third-order valence-corrected chi connectivity index (χ3v) is 5.27. The maximum Gasteiger partial charge on any atom is 0.130 e. The number of hydrogen-bond acceptors (Lipinski definition) is 5. The van der Waals surface area contributed by atoms with Crippen LogP contribution in [0.3, 0.4) is 0 Å². The number of ether oxygens (including phenoxy) is 2. The van der Waals surface area contributed by atoms with Crippen LogP contribution in [0, 0.1) is 0 Å². The molecule has 2 aromatic heterocycles. The number of rotatable bonds is 8. The molecule has 31 heavy (non-hydrogen) atoms. The van der Waals surface area contributed by atoms with Crippen molar-refractivity contribution in [1.29, 1.82) is 0 Å². The molecule has 0 bridgehead atoms. The van der Waals surface area contributed by atoms with Crippen LogP contribution in [-0.2, 0) is 13.7 Å². The van der Waals surface area contributed by atoms with Crippen molar-refractivity contribution < 1.29 is 9.47 Å². The van der Waals surface area contributed by atoms with E-state index >= 15 is 0 Å². The van der Waals surface area contributed by atoms with Crippen molar-refractivity contribution in [3.05, 3.63) is 90.0 Å². The zero-order valence-corrected chi connectivity index (χ0v) is 17.9. The summed E-state index contributed by atoms with van der Waals surface area (Å²) in [6.07, 6.45) is 13.4. The fourth-order valence-corrected chi connectivity index (χ4v) is 3.50. The number of hydrogen-bond donors (Lipinski definition) is 2. The first-order valence-corrected chi connectivity index (χ1v) is 10.4. The van der Waals surface area contributed by atoms with Crippen LogP contribution in [0.15, 0.2) is 73.1 Å². The molecule has 4 rings (SSSR count). The van der Waals surface area contributed by atoms with Crippen molar-refractivity contribution in [2.75, 3.05) is 7.11 Å². The van der Waals surface area contributed by atoms with Gasteiger partial charge in [0.2, 0.25) is 0 Å². The second-order valence-electron chi connectivity index (χ2n) is 7.51. The van der Waals surface area contributed by atoms with Gasteiger partial charge in [0.1, 0.15) is 18.1 Å². The Labute approximate surface area is 183 Å². The lowest BCUT2D eigenvalue weighted by Crippen LogP contribution is -2.31. The quantitative estimate of drug-likeness (QED) is 0.582. The molecule has 0 saturated carbocycles. The SMILES string of the molecule is COc1cc(OCc2ccccn2)ccc1/C=C/C1CC(/C=C/c2cccn2C)NN1. The smallest absolute Gasteiger partial charge is 0.130 e. The van der Waals surface area contributed by atoms with Gasteiger partial charge in [0, 0.05) is 48.8 Å². The Bertz CT molecular complexity index is 1040. The van der Waals surface area contributed by atoms with Crippen LogP contribution in [-0.4, -0.2) is 28.7 Å². The Hall–Kier alpha value is -3.35. The van der Waals surface area contributed by atoms with Crippen molar-refractivity contribution in [3.63, 3.8) is 0 Å². The Morgan fingerprint density at radius 2 is 1.90 bits per heavy atom. The van der Waals surface area contributed by atoms with Crippen molar-refractivity contribution in [2.24, 2.45) is 7.05 Å². The van der Waals surface area contributed by atoms with Crippen molar-refractivity contribution in [3.8, 4) is 11.5 Å². The average molecular weight is 417 g/mol. The van der Waals surface area contributed by atoms with Gasteiger partial charge in [-0.15, -0.1) is 0 Å². The van der Waals surface area contributed by atoms with Gasteiger partial charge in [0.15, 0.2) is 0 Å². The molecule has 6 heteroatoms. The molecule has 160 valence electrons. The van der Waals surface area contributed by atoms with Crippen molar-refractivity contribution in [2.45, 2.75) is 25.1 Å². The molecule has 0 spiro atoms. The van der Waals surface area contributed by atoms with E-state index in [2.05, 4.69) is 50.8 Å². The maximum atomic E-state index is 5.85. The predicted octanol–water partition coefficient (Wildman–Crippen LogP) is 3.97. The van der Waals surface area contributed by atoms with E-state index in [1.165, 1.54) is 5.69 Å². The second-order valence-corrected chi connectivity index (χ2v) is 7.51. The third-order valence-electron chi connectivity index (χ3n) is 5.27. The van der Waals surface area contributed by atoms with Crippen LogP contribution >= 0.6 is 0 Å². The molecule has 3 aromatic rings. The molecule has 1 saturated heterocycles. The van der Waals surface area contributed by atoms with Gasteiger partial charge >= 0.3 is 0 Å². The van der Waals surface area contributed by atoms with E-state index < -0.39 is 0 Å². The molecule has 1 aromatic carbocycles. The summed E-state index contributed by atoms with van der Waals surface area (Å²) in [5, 5.41) is 0. The fourth-order valence-electron chi connectivity index (χ4n) is 3.50. The van der Waals surface area contributed by atoms with Gasteiger partial charge in [0.05, 0.1) is 12.8 Å². The number of methoxy groups -OCH3 is 1. The van der Waals surface area contributed by atoms with Gasteiger partial charge in [-0.3, -0.25) is 15.8 Å². The first-order valence-electron chi connectivity index (χ1n) is 10.4. The zero-order valence-electron chi connectivity index (χ0n) is 17.9. The standard InChI is InChI=1S/C25H28N4O2/c1-29-15-5-7-23(29)12-11-21-16-20(27-28-21)10-8-19-9-13-24(17-25(19)30-2)31-18-22-6-3-4-14-26-22/h3-15,17,20-21,27-28H,16,18H2,1-2H3/b10-8+,12-11+. The summed E-state index contributed by atoms with van der Waals surface area (Å²) in [6, 6.07) is 16.3. The Kier molecular flexibility index (Phi) is 6.82. The number of benzene rings is 1. The Morgan fingerprint density at radius 1 is 1.06 bits per heavy atom. The van der Waals surface area contributed by atoms with Gasteiger partial charge < -0.3 is 14.0 Å². The van der Waals surface area contributed by atoms with Crippen LogP contribution in [0.4, 0.5) is 0 Å². The normalized spacial score (nSPS) is 18.8. The first kappa shape index (κ1) is 20.9. The summed E-state index contributed by atoms with van der Waals surface area (Å²) < 4.78 is 13.5. The lowest BCUT2D eigenvalue weighted by molar-refractivity contribution is 0.299. The van der Waals surface area contributed by atoms with E-state index in [1.807, 2.05) is 55.7 Å². The van der Waals surface area contributed by atoms with Crippen LogP contribution in [0.5, 0.6) is 11.5 Å². The summed E-state index contributed by atoms with van der Waals surface area (Å²) in [7, 11) is 3.72. The number of aromatic nitrogens is 2. The van der Waals surface area contributed by atoms with Gasteiger partial charge in [-0.2, -0.15) is 0 Å². The molecule has 0 radical (unpaired) electrons. The maximum absolute atomic E-state index is 5.85. The number of nitrogens with zero attached hydrogens (tertiary/aromatic N) is 2. The molecule has 1 aliphatic rings. The van der Waals surface area contributed by atoms with E-state index in [0.717, 1.165) is 29.2 Å². The fraction of sp³-hybridized carbons (Fsp3) is 0.240. The van der Waals surface area contributed by atoms with E-state index in [0.29, 0.717) is 6.61 Å². The highest BCUT2D eigenvalue weighted by molar-refractivity contribution is 5.59. The number of nitrogens with one attached hydrogen (secondary N) is 2. The summed E-state index contributed by atoms with van der Waals surface area (Å²) >= 11 is 0. The lowest BCUT2D eigenvalue weighted by Gasteiger charge is -2.10. The van der Waals surface area contributed by atoms with Crippen molar-refractivity contribution >= 4 is 12.2 Å². The second kappa shape index (κ2) is 10.1. The minimum Gasteiger partial charge on any atom is -0.496 e. The molecule has 3 heterocycles. The molecule has 0 amide bonds. The monoisotopic (exact) mass is 416 g/mol. The number of aryl methyl sites for hydroxylation is 1. The summed E-state index contributed by atoms with van der Waals surface area (Å²) in [4.78, 5) is 4.28. The minimum absolute atomic E-state index is 0.243. The highest BCUT2D eigenvalue weighted by Crippen LogP contribution is 2.27. The first-order chi connectivity index (χ1) is 15.2. The topological polar surface area (TPSA) is 60.3 Å². The van der Waals surface area contributed by atoms with Gasteiger partial charge in [-0.25, -0.2) is 0 Å². The number of pyridine rings is 1. The van der Waals surface area contributed by atoms with Crippen LogP contribution < -0.4 is 20.3 Å². The molecule has 1 aliphatic heterocycles. The van der Waals surface area contributed by atoms with Crippen LogP contribution in [0.25, 0.3) is 12.2 Å². The van der Waals surface area contributed by atoms with Gasteiger partial charge in [0.25, 0.3) is 0 Å². The summed E-state index contributed by atoms with van der Waals surface area (Å²) in [5.41, 5.74) is 9.77. The van der Waals surface area contributed by atoms with Gasteiger partial charge in [-0.1, -0.05) is 24.3 Å². The molecule has 2 N–H and O–H groups in total. The Balaban J connectivity index is 1.34. The predicted molar refractivity (Wildman–Crippen MR) is 124 cm³/mol. The summed E-state index contributed by atoms with van der Waals surface area (Å²) in [5.74, 6) is 1.53. The van der Waals surface area contributed by atoms with E-state index in [1.54, 1.807) is 13.3 Å². The molecule has 2 atom stereocenters. The van der Waals surface area contributed by atoms with E-state index in [-0.39, 0.29) is 12.1 Å². The van der Waals surface area contributed by atoms with Crippen molar-refractivity contribution in [1.82, 2.24) is 20.4 Å². The van der Waals surface area contributed by atoms with Crippen LogP contribution in [0.2, 0.25) is 0 Å². The highest BCUT2D eigenvalue weighted by Gasteiger charge is 2.19. The third kappa shape index (κ3) is 5.63. The largest absolute Gasteiger partial charge is 0.496 e. The highest BCUT2D eigenvalue weighted by atomic mass is 16.5. The molecule has 6 nitrogen and oxygen atoms in total. The zero-order chi connectivity index (χ0) is 21.5.